The van der Waals surface area contributed by atoms with Crippen LogP contribution in [-0.2, 0) is 6.61 Å². The lowest BCUT2D eigenvalue weighted by atomic mass is 10.2. The van der Waals surface area contributed by atoms with E-state index in [2.05, 4.69) is 63.0 Å². The first-order chi connectivity index (χ1) is 12.5. The Morgan fingerprint density at radius 1 is 1.27 bits per heavy atom. The van der Waals surface area contributed by atoms with Crippen LogP contribution in [0.4, 0.5) is 0 Å². The molecule has 0 heterocycles. The molecule has 138 valence electrons. The molecule has 2 N–H and O–H groups in total. The number of hydrazone groups is 1. The van der Waals surface area contributed by atoms with Crippen molar-refractivity contribution in [2.24, 2.45) is 5.10 Å². The normalized spacial score (nSPS) is 10.6. The first kappa shape index (κ1) is 20.2. The summed E-state index contributed by atoms with van der Waals surface area (Å²) in [6, 6.07) is 12.0. The average molecular weight is 436 g/mol. The summed E-state index contributed by atoms with van der Waals surface area (Å²) in [6.07, 6.45) is 1.67. The van der Waals surface area contributed by atoms with E-state index >= 15 is 0 Å². The highest BCUT2D eigenvalue weighted by molar-refractivity contribution is 9.10. The van der Waals surface area contributed by atoms with Crippen LogP contribution in [0.3, 0.4) is 0 Å². The molecule has 2 aromatic rings. The van der Waals surface area contributed by atoms with E-state index in [0.717, 1.165) is 22.1 Å². The topological polar surface area (TPSA) is 54.9 Å². The second-order valence-electron chi connectivity index (χ2n) is 5.54. The smallest absolute Gasteiger partial charge is 0.186 e. The van der Waals surface area contributed by atoms with Crippen molar-refractivity contribution >= 4 is 39.5 Å². The van der Waals surface area contributed by atoms with Crippen molar-refractivity contribution in [1.82, 2.24) is 10.7 Å². The number of halogens is 1. The van der Waals surface area contributed by atoms with Crippen LogP contribution in [0, 0.1) is 6.92 Å². The fourth-order valence-corrected chi connectivity index (χ4v) is 2.93. The molecule has 0 saturated heterocycles. The van der Waals surface area contributed by atoms with Crippen molar-refractivity contribution in [3.63, 3.8) is 0 Å². The van der Waals surface area contributed by atoms with Gasteiger partial charge in [0.15, 0.2) is 16.6 Å². The van der Waals surface area contributed by atoms with Crippen LogP contribution in [-0.4, -0.2) is 25.0 Å². The Hall–Kier alpha value is -2.12. The summed E-state index contributed by atoms with van der Waals surface area (Å²) in [7, 11) is 1.61. The van der Waals surface area contributed by atoms with Gasteiger partial charge in [-0.3, -0.25) is 5.43 Å². The molecular formula is C19H22BrN3O2S. The fraction of sp³-hybridized carbons (Fsp3) is 0.263. The summed E-state index contributed by atoms with van der Waals surface area (Å²) < 4.78 is 12.2. The first-order valence-corrected chi connectivity index (χ1v) is 9.36. The summed E-state index contributed by atoms with van der Waals surface area (Å²) in [6.45, 7) is 5.23. The predicted octanol–water partition coefficient (Wildman–Crippen LogP) is 4.16. The molecule has 0 aliphatic carbocycles. The molecule has 0 radical (unpaired) electrons. The lowest BCUT2D eigenvalue weighted by Crippen LogP contribution is -2.31. The maximum atomic E-state index is 5.95. The Balaban J connectivity index is 2.09. The van der Waals surface area contributed by atoms with Gasteiger partial charge in [0, 0.05) is 6.54 Å². The minimum atomic E-state index is 0.460. The zero-order chi connectivity index (χ0) is 18.9. The van der Waals surface area contributed by atoms with E-state index in [-0.39, 0.29) is 0 Å². The minimum Gasteiger partial charge on any atom is -0.493 e. The average Bonchev–Trinajstić information content (AvgIpc) is 2.62. The van der Waals surface area contributed by atoms with Crippen molar-refractivity contribution < 1.29 is 9.47 Å². The number of thiocarbonyl (C=S) groups is 1. The Labute approximate surface area is 167 Å². The molecule has 0 amide bonds. The highest BCUT2D eigenvalue weighted by atomic mass is 79.9. The molecule has 0 aromatic heterocycles. The molecule has 0 spiro atoms. The number of aryl methyl sites for hydroxylation is 1. The number of nitrogens with one attached hydrogen (secondary N) is 2. The SMILES string of the molecule is CCNC(=S)N/N=C\c1cc(Br)c(OCc2ccc(C)cc2)c(OC)c1. The maximum absolute atomic E-state index is 5.95. The monoisotopic (exact) mass is 435 g/mol. The molecular weight excluding hydrogens is 414 g/mol. The van der Waals surface area contributed by atoms with Gasteiger partial charge in [0.05, 0.1) is 17.8 Å². The van der Waals surface area contributed by atoms with Gasteiger partial charge in [0.25, 0.3) is 0 Å². The number of nitrogens with zero attached hydrogens (tertiary/aromatic N) is 1. The summed E-state index contributed by atoms with van der Waals surface area (Å²) in [4.78, 5) is 0. The molecule has 0 saturated carbocycles. The summed E-state index contributed by atoms with van der Waals surface area (Å²) >= 11 is 8.61. The van der Waals surface area contributed by atoms with Gasteiger partial charge in [-0.15, -0.1) is 0 Å². The minimum absolute atomic E-state index is 0.460. The molecule has 2 rings (SSSR count). The van der Waals surface area contributed by atoms with E-state index in [1.54, 1.807) is 13.3 Å². The van der Waals surface area contributed by atoms with Crippen molar-refractivity contribution in [3.05, 3.63) is 57.6 Å². The molecule has 0 bridgehead atoms. The van der Waals surface area contributed by atoms with E-state index < -0.39 is 0 Å². The molecule has 26 heavy (non-hydrogen) atoms. The van der Waals surface area contributed by atoms with Crippen LogP contribution in [0.2, 0.25) is 0 Å². The quantitative estimate of drug-likeness (QED) is 0.388. The van der Waals surface area contributed by atoms with Gasteiger partial charge in [-0.2, -0.15) is 5.10 Å². The largest absolute Gasteiger partial charge is 0.493 e. The Bertz CT molecular complexity index is 779. The van der Waals surface area contributed by atoms with Gasteiger partial charge in [-0.05, 0) is 65.3 Å². The summed E-state index contributed by atoms with van der Waals surface area (Å²) in [5, 5.41) is 7.55. The predicted molar refractivity (Wildman–Crippen MR) is 113 cm³/mol. The highest BCUT2D eigenvalue weighted by Gasteiger charge is 2.11. The van der Waals surface area contributed by atoms with E-state index in [9.17, 15) is 0 Å². The Kier molecular flexibility index (Phi) is 7.87. The Morgan fingerprint density at radius 3 is 2.65 bits per heavy atom. The number of hydrogen-bond acceptors (Lipinski definition) is 4. The number of rotatable bonds is 7. The third-order valence-electron chi connectivity index (χ3n) is 3.47. The van der Waals surface area contributed by atoms with Gasteiger partial charge in [0.1, 0.15) is 6.61 Å². The molecule has 0 aliphatic heterocycles. The van der Waals surface area contributed by atoms with E-state index in [4.69, 9.17) is 21.7 Å². The van der Waals surface area contributed by atoms with Crippen molar-refractivity contribution in [1.29, 1.82) is 0 Å². The van der Waals surface area contributed by atoms with Crippen LogP contribution in [0.15, 0.2) is 46.0 Å². The summed E-state index contributed by atoms with van der Waals surface area (Å²) in [5.74, 6) is 1.28. The second-order valence-corrected chi connectivity index (χ2v) is 6.80. The molecule has 2 aromatic carbocycles. The van der Waals surface area contributed by atoms with E-state index in [0.29, 0.717) is 23.2 Å². The molecule has 0 fully saturated rings. The van der Waals surface area contributed by atoms with Crippen LogP contribution >= 0.6 is 28.1 Å². The zero-order valence-electron chi connectivity index (χ0n) is 15.0. The van der Waals surface area contributed by atoms with Crippen LogP contribution < -0.4 is 20.2 Å². The van der Waals surface area contributed by atoms with Gasteiger partial charge in [-0.1, -0.05) is 29.8 Å². The molecule has 7 heteroatoms. The number of hydrogen-bond donors (Lipinski definition) is 2. The number of benzene rings is 2. The molecule has 0 aliphatic rings. The lowest BCUT2D eigenvalue weighted by Gasteiger charge is -2.13. The number of ether oxygens (including phenoxy) is 2. The molecule has 5 nitrogen and oxygen atoms in total. The standard InChI is InChI=1S/C19H22BrN3O2S/c1-4-21-19(26)23-22-11-15-9-16(20)18(17(10-15)24-3)25-12-14-7-5-13(2)6-8-14/h5-11H,4,12H2,1-3H3,(H2,21,23,26)/b22-11-. The Morgan fingerprint density at radius 2 is 2.00 bits per heavy atom. The van der Waals surface area contributed by atoms with E-state index in [1.807, 2.05) is 19.1 Å². The van der Waals surface area contributed by atoms with Gasteiger partial charge in [-0.25, -0.2) is 0 Å². The van der Waals surface area contributed by atoms with Crippen molar-refractivity contribution in [3.8, 4) is 11.5 Å². The van der Waals surface area contributed by atoms with Crippen molar-refractivity contribution in [2.75, 3.05) is 13.7 Å². The number of methoxy groups -OCH3 is 1. The first-order valence-electron chi connectivity index (χ1n) is 8.16. The zero-order valence-corrected chi connectivity index (χ0v) is 17.4. The van der Waals surface area contributed by atoms with Gasteiger partial charge in [0.2, 0.25) is 0 Å². The third-order valence-corrected chi connectivity index (χ3v) is 4.30. The second kappa shape index (κ2) is 10.1. The van der Waals surface area contributed by atoms with Gasteiger partial charge < -0.3 is 14.8 Å². The molecule has 0 unspecified atom stereocenters. The van der Waals surface area contributed by atoms with E-state index in [1.165, 1.54) is 5.56 Å². The molecule has 0 atom stereocenters. The highest BCUT2D eigenvalue weighted by Crippen LogP contribution is 2.36. The van der Waals surface area contributed by atoms with Crippen molar-refractivity contribution in [2.45, 2.75) is 20.5 Å². The van der Waals surface area contributed by atoms with Crippen LogP contribution in [0.25, 0.3) is 0 Å². The van der Waals surface area contributed by atoms with Crippen LogP contribution in [0.1, 0.15) is 23.6 Å². The lowest BCUT2D eigenvalue weighted by molar-refractivity contribution is 0.282. The van der Waals surface area contributed by atoms with Gasteiger partial charge >= 0.3 is 0 Å². The third kappa shape index (κ3) is 6.00. The summed E-state index contributed by atoms with van der Waals surface area (Å²) in [5.41, 5.74) is 5.92. The maximum Gasteiger partial charge on any atom is 0.186 e. The van der Waals surface area contributed by atoms with Crippen LogP contribution in [0.5, 0.6) is 11.5 Å². The fourth-order valence-electron chi connectivity index (χ4n) is 2.16.